The Kier molecular flexibility index (Phi) is 4.09. The summed E-state index contributed by atoms with van der Waals surface area (Å²) in [6.07, 6.45) is 1.96. The number of hydrogen-bond donors (Lipinski definition) is 1. The summed E-state index contributed by atoms with van der Waals surface area (Å²) in [4.78, 5) is 0. The standard InChI is InChI=1S/C5H9NS2/c1-4(6)8-5(2)7-3/h6H,2H2,1,3H3. The van der Waals surface area contributed by atoms with E-state index < -0.39 is 0 Å². The van der Waals surface area contributed by atoms with Gasteiger partial charge in [0.2, 0.25) is 0 Å². The molecule has 0 unspecified atom stereocenters. The fraction of sp³-hybridized carbons (Fsp3) is 0.400. The quantitative estimate of drug-likeness (QED) is 0.479. The molecule has 0 aliphatic rings. The number of hydrogen-bond acceptors (Lipinski definition) is 3. The molecule has 0 aliphatic heterocycles. The van der Waals surface area contributed by atoms with Crippen LogP contribution in [0.25, 0.3) is 0 Å². The Morgan fingerprint density at radius 2 is 2.12 bits per heavy atom. The van der Waals surface area contributed by atoms with Crippen LogP contribution in [-0.2, 0) is 0 Å². The summed E-state index contributed by atoms with van der Waals surface area (Å²) in [5.74, 6) is 0. The van der Waals surface area contributed by atoms with E-state index in [1.165, 1.54) is 11.8 Å². The SMILES string of the molecule is C=C(SC)SC(C)=N. The third-order valence-corrected chi connectivity index (χ3v) is 2.23. The molecule has 46 valence electrons. The highest BCUT2D eigenvalue weighted by Crippen LogP contribution is 2.23. The highest BCUT2D eigenvalue weighted by molar-refractivity contribution is 8.29. The maximum absolute atomic E-state index is 7.02. The van der Waals surface area contributed by atoms with Crippen molar-refractivity contribution < 1.29 is 0 Å². The fourth-order valence-corrected chi connectivity index (χ4v) is 1.26. The highest BCUT2D eigenvalue weighted by Gasteiger charge is 1.91. The Morgan fingerprint density at radius 1 is 1.62 bits per heavy atom. The van der Waals surface area contributed by atoms with E-state index >= 15 is 0 Å². The van der Waals surface area contributed by atoms with Gasteiger partial charge in [0.1, 0.15) is 0 Å². The summed E-state index contributed by atoms with van der Waals surface area (Å²) in [6.45, 7) is 5.45. The summed E-state index contributed by atoms with van der Waals surface area (Å²) < 4.78 is 0.984. The molecule has 0 atom stereocenters. The maximum Gasteiger partial charge on any atom is 0.0663 e. The second-order valence-corrected chi connectivity index (χ2v) is 3.70. The van der Waals surface area contributed by atoms with Crippen LogP contribution < -0.4 is 0 Å². The van der Waals surface area contributed by atoms with E-state index in [2.05, 4.69) is 6.58 Å². The summed E-state index contributed by atoms with van der Waals surface area (Å²) in [6, 6.07) is 0. The first-order valence-electron chi connectivity index (χ1n) is 2.12. The van der Waals surface area contributed by atoms with Gasteiger partial charge in [0.25, 0.3) is 0 Å². The van der Waals surface area contributed by atoms with Crippen molar-refractivity contribution in [1.29, 1.82) is 5.41 Å². The molecule has 8 heavy (non-hydrogen) atoms. The topological polar surface area (TPSA) is 23.9 Å². The molecule has 0 spiro atoms. The molecule has 0 rings (SSSR count). The minimum absolute atomic E-state index is 0.601. The molecule has 0 aromatic rings. The molecular formula is C5H9NS2. The molecule has 0 amide bonds. The highest BCUT2D eigenvalue weighted by atomic mass is 32.2. The van der Waals surface area contributed by atoms with Gasteiger partial charge in [-0.15, -0.1) is 11.8 Å². The molecule has 1 nitrogen and oxygen atoms in total. The van der Waals surface area contributed by atoms with Crippen LogP contribution in [0.15, 0.2) is 10.8 Å². The van der Waals surface area contributed by atoms with E-state index in [-0.39, 0.29) is 0 Å². The summed E-state index contributed by atoms with van der Waals surface area (Å²) >= 11 is 2.99. The summed E-state index contributed by atoms with van der Waals surface area (Å²) in [5, 5.41) is 7.62. The molecule has 0 saturated heterocycles. The van der Waals surface area contributed by atoms with E-state index in [1.54, 1.807) is 18.7 Å². The van der Waals surface area contributed by atoms with Crippen LogP contribution in [-0.4, -0.2) is 11.3 Å². The van der Waals surface area contributed by atoms with Crippen LogP contribution in [0.2, 0.25) is 0 Å². The van der Waals surface area contributed by atoms with Crippen LogP contribution in [0.3, 0.4) is 0 Å². The molecule has 3 heteroatoms. The van der Waals surface area contributed by atoms with Crippen LogP contribution in [0.4, 0.5) is 0 Å². The molecular weight excluding hydrogens is 138 g/mol. The molecule has 0 fully saturated rings. The predicted molar refractivity (Wildman–Crippen MR) is 43.6 cm³/mol. The Morgan fingerprint density at radius 3 is 2.25 bits per heavy atom. The Hall–Kier alpha value is 0.110. The maximum atomic E-state index is 7.02. The zero-order chi connectivity index (χ0) is 6.57. The minimum atomic E-state index is 0.601. The first kappa shape index (κ1) is 8.11. The predicted octanol–water partition coefficient (Wildman–Crippen LogP) is 2.55. The van der Waals surface area contributed by atoms with Gasteiger partial charge in [0, 0.05) is 4.24 Å². The number of nitrogens with one attached hydrogen (secondary N) is 1. The summed E-state index contributed by atoms with van der Waals surface area (Å²) in [7, 11) is 0. The Labute approximate surface area is 58.4 Å². The van der Waals surface area contributed by atoms with Gasteiger partial charge >= 0.3 is 0 Å². The van der Waals surface area contributed by atoms with E-state index in [1.807, 2.05) is 6.26 Å². The zero-order valence-electron chi connectivity index (χ0n) is 5.02. The van der Waals surface area contributed by atoms with Crippen molar-refractivity contribution in [2.75, 3.05) is 6.26 Å². The van der Waals surface area contributed by atoms with Crippen LogP contribution >= 0.6 is 23.5 Å². The monoisotopic (exact) mass is 147 g/mol. The average Bonchev–Trinajstić information content (AvgIpc) is 1.65. The lowest BCUT2D eigenvalue weighted by atomic mass is 10.9. The average molecular weight is 147 g/mol. The van der Waals surface area contributed by atoms with E-state index in [9.17, 15) is 0 Å². The smallest absolute Gasteiger partial charge is 0.0663 e. The van der Waals surface area contributed by atoms with Gasteiger partial charge in [0.15, 0.2) is 0 Å². The van der Waals surface area contributed by atoms with Gasteiger partial charge in [-0.05, 0) is 13.2 Å². The van der Waals surface area contributed by atoms with Gasteiger partial charge in [-0.25, -0.2) is 0 Å². The van der Waals surface area contributed by atoms with E-state index in [0.717, 1.165) is 4.24 Å². The second kappa shape index (κ2) is 4.04. The largest absolute Gasteiger partial charge is 0.298 e. The van der Waals surface area contributed by atoms with Gasteiger partial charge in [-0.2, -0.15) is 0 Å². The van der Waals surface area contributed by atoms with Crippen LogP contribution in [0, 0.1) is 5.41 Å². The van der Waals surface area contributed by atoms with Crippen molar-refractivity contribution in [1.82, 2.24) is 0 Å². The first-order chi connectivity index (χ1) is 3.66. The third-order valence-electron chi connectivity index (χ3n) is 0.495. The molecule has 0 aromatic carbocycles. The molecule has 1 N–H and O–H groups in total. The van der Waals surface area contributed by atoms with Gasteiger partial charge in [0.05, 0.1) is 5.04 Å². The molecule has 0 aliphatic carbocycles. The number of rotatable bonds is 2. The normalized spacial score (nSPS) is 8.75. The molecule has 0 bridgehead atoms. The lowest BCUT2D eigenvalue weighted by Gasteiger charge is -1.95. The van der Waals surface area contributed by atoms with E-state index in [0.29, 0.717) is 5.04 Å². The van der Waals surface area contributed by atoms with Gasteiger partial charge in [-0.1, -0.05) is 18.3 Å². The molecule has 0 aromatic heterocycles. The van der Waals surface area contributed by atoms with E-state index in [4.69, 9.17) is 5.41 Å². The zero-order valence-corrected chi connectivity index (χ0v) is 6.66. The van der Waals surface area contributed by atoms with Crippen molar-refractivity contribution in [3.8, 4) is 0 Å². The first-order valence-corrected chi connectivity index (χ1v) is 4.17. The molecule has 0 saturated carbocycles. The van der Waals surface area contributed by atoms with Gasteiger partial charge in [-0.3, -0.25) is 5.41 Å². The Bertz CT molecular complexity index is 109. The van der Waals surface area contributed by atoms with Crippen molar-refractivity contribution >= 4 is 28.6 Å². The fourth-order valence-electron chi connectivity index (χ4n) is 0.212. The van der Waals surface area contributed by atoms with Crippen molar-refractivity contribution in [3.05, 3.63) is 10.8 Å². The van der Waals surface area contributed by atoms with Crippen molar-refractivity contribution in [2.45, 2.75) is 6.92 Å². The molecule has 0 heterocycles. The second-order valence-electron chi connectivity index (χ2n) is 1.23. The third kappa shape index (κ3) is 4.27. The van der Waals surface area contributed by atoms with Crippen molar-refractivity contribution in [2.24, 2.45) is 0 Å². The minimum Gasteiger partial charge on any atom is -0.298 e. The number of thioether (sulfide) groups is 2. The van der Waals surface area contributed by atoms with Crippen molar-refractivity contribution in [3.63, 3.8) is 0 Å². The summed E-state index contributed by atoms with van der Waals surface area (Å²) in [5.41, 5.74) is 0. The Balaban J connectivity index is 3.40. The molecule has 0 radical (unpaired) electrons. The van der Waals surface area contributed by atoms with Crippen LogP contribution in [0.1, 0.15) is 6.92 Å². The lowest BCUT2D eigenvalue weighted by molar-refractivity contribution is 1.54. The van der Waals surface area contributed by atoms with Gasteiger partial charge < -0.3 is 0 Å². The van der Waals surface area contributed by atoms with Crippen LogP contribution in [0.5, 0.6) is 0 Å². The lowest BCUT2D eigenvalue weighted by Crippen LogP contribution is -1.75.